The lowest BCUT2D eigenvalue weighted by atomic mass is 10.0. The Morgan fingerprint density at radius 1 is 1.35 bits per heavy atom. The smallest absolute Gasteiger partial charge is 0.341 e. The van der Waals surface area contributed by atoms with Crippen molar-refractivity contribution in [3.63, 3.8) is 0 Å². The Bertz CT molecular complexity index is 591. The van der Waals surface area contributed by atoms with E-state index in [9.17, 15) is 14.4 Å². The number of carbonyl (C=O) groups is 3. The predicted octanol–water partition coefficient (Wildman–Crippen LogP) is 1.49. The van der Waals surface area contributed by atoms with E-state index in [1.54, 1.807) is 20.0 Å². The third-order valence-electron chi connectivity index (χ3n) is 3.43. The maximum absolute atomic E-state index is 12.5. The van der Waals surface area contributed by atoms with Gasteiger partial charge >= 0.3 is 5.97 Å². The van der Waals surface area contributed by atoms with Gasteiger partial charge in [0.1, 0.15) is 23.1 Å². The maximum Gasteiger partial charge on any atom is 0.341 e. The molecule has 0 aliphatic carbocycles. The Kier molecular flexibility index (Phi) is 6.36. The fraction of sp³-hybridized carbons (Fsp3) is 0.562. The molecule has 0 aliphatic rings. The molecule has 1 atom stereocenters. The van der Waals surface area contributed by atoms with Crippen LogP contribution in [0.5, 0.6) is 0 Å². The molecule has 0 aliphatic heterocycles. The highest BCUT2D eigenvalue weighted by Gasteiger charge is 2.27. The molecule has 0 spiro atoms. The molecular formula is C16H24N2O5. The molecule has 23 heavy (non-hydrogen) atoms. The summed E-state index contributed by atoms with van der Waals surface area (Å²) in [6.07, 6.45) is 0. The van der Waals surface area contributed by atoms with E-state index in [4.69, 9.17) is 4.42 Å². The van der Waals surface area contributed by atoms with Crippen LogP contribution in [-0.2, 0) is 20.9 Å². The Morgan fingerprint density at radius 2 is 1.96 bits per heavy atom. The largest absolute Gasteiger partial charge is 0.465 e. The molecule has 0 saturated heterocycles. The topological polar surface area (TPSA) is 88.9 Å². The molecule has 7 nitrogen and oxygen atoms in total. The van der Waals surface area contributed by atoms with Crippen molar-refractivity contribution in [3.8, 4) is 0 Å². The number of nitrogens with one attached hydrogen (secondary N) is 1. The average molecular weight is 324 g/mol. The van der Waals surface area contributed by atoms with E-state index in [-0.39, 0.29) is 24.3 Å². The van der Waals surface area contributed by atoms with E-state index in [2.05, 4.69) is 10.1 Å². The second kappa shape index (κ2) is 7.80. The van der Waals surface area contributed by atoms with Gasteiger partial charge < -0.3 is 19.4 Å². The fourth-order valence-corrected chi connectivity index (χ4v) is 2.22. The van der Waals surface area contributed by atoms with Crippen LogP contribution in [0.2, 0.25) is 0 Å². The summed E-state index contributed by atoms with van der Waals surface area (Å²) in [5.41, 5.74) is 0.339. The SMILES string of the molecule is COC(=O)c1cc(CN(C)C(=O)[C@@H](NC(C)=O)C(C)C)oc1C. The van der Waals surface area contributed by atoms with Gasteiger partial charge in [0.25, 0.3) is 0 Å². The van der Waals surface area contributed by atoms with E-state index >= 15 is 0 Å². The van der Waals surface area contributed by atoms with E-state index in [0.717, 1.165) is 0 Å². The molecule has 0 radical (unpaired) electrons. The van der Waals surface area contributed by atoms with Crippen LogP contribution in [0.25, 0.3) is 0 Å². The van der Waals surface area contributed by atoms with Crippen LogP contribution in [0, 0.1) is 12.8 Å². The van der Waals surface area contributed by atoms with Crippen molar-refractivity contribution in [1.29, 1.82) is 0 Å². The molecule has 0 unspecified atom stereocenters. The zero-order chi connectivity index (χ0) is 17.7. The van der Waals surface area contributed by atoms with E-state index in [1.807, 2.05) is 13.8 Å². The zero-order valence-corrected chi connectivity index (χ0v) is 14.4. The molecule has 1 heterocycles. The van der Waals surface area contributed by atoms with Crippen molar-refractivity contribution < 1.29 is 23.5 Å². The maximum atomic E-state index is 12.5. The molecule has 1 aromatic heterocycles. The minimum atomic E-state index is -0.603. The number of esters is 1. The summed E-state index contributed by atoms with van der Waals surface area (Å²) in [6, 6.07) is 0.960. The summed E-state index contributed by atoms with van der Waals surface area (Å²) in [6.45, 7) is 6.95. The normalized spacial score (nSPS) is 12.0. The van der Waals surface area contributed by atoms with Gasteiger partial charge in [-0.25, -0.2) is 4.79 Å². The van der Waals surface area contributed by atoms with Gasteiger partial charge in [-0.05, 0) is 18.9 Å². The number of likely N-dealkylation sites (N-methyl/N-ethyl adjacent to an activating group) is 1. The third-order valence-corrected chi connectivity index (χ3v) is 3.43. The molecule has 1 rings (SSSR count). The van der Waals surface area contributed by atoms with Crippen LogP contribution in [0.3, 0.4) is 0 Å². The van der Waals surface area contributed by atoms with Gasteiger partial charge in [-0.3, -0.25) is 9.59 Å². The Morgan fingerprint density at radius 3 is 2.43 bits per heavy atom. The summed E-state index contributed by atoms with van der Waals surface area (Å²) in [4.78, 5) is 36.8. The first-order valence-corrected chi connectivity index (χ1v) is 7.37. The molecule has 0 bridgehead atoms. The number of ether oxygens (including phenoxy) is 1. The number of hydrogen-bond donors (Lipinski definition) is 1. The summed E-state index contributed by atoms with van der Waals surface area (Å²) in [5.74, 6) is -0.0854. The lowest BCUT2D eigenvalue weighted by Crippen LogP contribution is -2.49. The molecule has 0 saturated carbocycles. The summed E-state index contributed by atoms with van der Waals surface area (Å²) < 4.78 is 10.2. The summed E-state index contributed by atoms with van der Waals surface area (Å²) in [7, 11) is 2.92. The minimum Gasteiger partial charge on any atom is -0.465 e. The van der Waals surface area contributed by atoms with Crippen LogP contribution in [0.1, 0.15) is 42.6 Å². The molecule has 2 amide bonds. The van der Waals surface area contributed by atoms with Crippen LogP contribution >= 0.6 is 0 Å². The van der Waals surface area contributed by atoms with Crippen molar-refractivity contribution in [1.82, 2.24) is 10.2 Å². The quantitative estimate of drug-likeness (QED) is 0.801. The Balaban J connectivity index is 2.85. The number of amides is 2. The number of carbonyl (C=O) groups excluding carboxylic acids is 3. The molecule has 0 fully saturated rings. The highest BCUT2D eigenvalue weighted by molar-refractivity contribution is 5.90. The van der Waals surface area contributed by atoms with Crippen LogP contribution in [-0.4, -0.2) is 42.9 Å². The average Bonchev–Trinajstić information content (AvgIpc) is 2.83. The van der Waals surface area contributed by atoms with Gasteiger partial charge in [0.2, 0.25) is 11.8 Å². The lowest BCUT2D eigenvalue weighted by molar-refractivity contribution is -0.136. The monoisotopic (exact) mass is 324 g/mol. The molecule has 128 valence electrons. The minimum absolute atomic E-state index is 0.0437. The highest BCUT2D eigenvalue weighted by Crippen LogP contribution is 2.17. The third kappa shape index (κ3) is 4.84. The predicted molar refractivity (Wildman–Crippen MR) is 83.7 cm³/mol. The Hall–Kier alpha value is -2.31. The van der Waals surface area contributed by atoms with Crippen LogP contribution in [0.15, 0.2) is 10.5 Å². The second-order valence-corrected chi connectivity index (χ2v) is 5.79. The second-order valence-electron chi connectivity index (χ2n) is 5.79. The number of rotatable bonds is 6. The number of aryl methyl sites for hydroxylation is 1. The van der Waals surface area contributed by atoms with Crippen molar-refractivity contribution in [3.05, 3.63) is 23.2 Å². The van der Waals surface area contributed by atoms with Crippen molar-refractivity contribution >= 4 is 17.8 Å². The summed E-state index contributed by atoms with van der Waals surface area (Å²) in [5, 5.41) is 2.65. The van der Waals surface area contributed by atoms with Gasteiger partial charge in [0.15, 0.2) is 0 Å². The number of nitrogens with zero attached hydrogens (tertiary/aromatic N) is 1. The number of methoxy groups -OCH3 is 1. The van der Waals surface area contributed by atoms with E-state index in [0.29, 0.717) is 17.1 Å². The number of hydrogen-bond acceptors (Lipinski definition) is 5. The van der Waals surface area contributed by atoms with Gasteiger partial charge in [-0.1, -0.05) is 13.8 Å². The first kappa shape index (κ1) is 18.7. The van der Waals surface area contributed by atoms with Gasteiger partial charge in [0, 0.05) is 14.0 Å². The molecule has 1 N–H and O–H groups in total. The molecular weight excluding hydrogens is 300 g/mol. The zero-order valence-electron chi connectivity index (χ0n) is 14.4. The van der Waals surface area contributed by atoms with Gasteiger partial charge in [0.05, 0.1) is 13.7 Å². The van der Waals surface area contributed by atoms with Crippen molar-refractivity contribution in [2.24, 2.45) is 5.92 Å². The molecule has 1 aromatic rings. The molecule has 0 aromatic carbocycles. The van der Waals surface area contributed by atoms with E-state index in [1.165, 1.54) is 18.9 Å². The summed E-state index contributed by atoms with van der Waals surface area (Å²) >= 11 is 0. The van der Waals surface area contributed by atoms with Gasteiger partial charge in [-0.15, -0.1) is 0 Å². The first-order chi connectivity index (χ1) is 10.7. The van der Waals surface area contributed by atoms with Gasteiger partial charge in [-0.2, -0.15) is 0 Å². The standard InChI is InChI=1S/C16H24N2O5/c1-9(2)14(17-11(4)19)15(20)18(5)8-12-7-13(10(3)23-12)16(21)22-6/h7,9,14H,8H2,1-6H3,(H,17,19)/t14-/m0/s1. The van der Waals surface area contributed by atoms with E-state index < -0.39 is 12.0 Å². The van der Waals surface area contributed by atoms with Crippen molar-refractivity contribution in [2.75, 3.05) is 14.2 Å². The highest BCUT2D eigenvalue weighted by atomic mass is 16.5. The molecule has 7 heteroatoms. The number of furan rings is 1. The Labute approximate surface area is 136 Å². The lowest BCUT2D eigenvalue weighted by Gasteiger charge is -2.26. The van der Waals surface area contributed by atoms with Crippen LogP contribution in [0.4, 0.5) is 0 Å². The van der Waals surface area contributed by atoms with Crippen molar-refractivity contribution in [2.45, 2.75) is 40.3 Å². The van der Waals surface area contributed by atoms with Crippen LogP contribution < -0.4 is 5.32 Å². The fourth-order valence-electron chi connectivity index (χ4n) is 2.22. The first-order valence-electron chi connectivity index (χ1n) is 7.37.